The van der Waals surface area contributed by atoms with Gasteiger partial charge in [0.25, 0.3) is 0 Å². The Balaban J connectivity index is 0.000000354. The molecule has 0 spiro atoms. The van der Waals surface area contributed by atoms with Crippen LogP contribution in [0.5, 0.6) is 0 Å². The van der Waals surface area contributed by atoms with Crippen LogP contribution in [0.1, 0.15) is 34.6 Å². The van der Waals surface area contributed by atoms with E-state index in [4.69, 9.17) is 4.74 Å². The zero-order chi connectivity index (χ0) is 37.3. The Bertz CT molecular complexity index is 2060. The first kappa shape index (κ1) is 40.5. The molecule has 0 amide bonds. The van der Waals surface area contributed by atoms with Gasteiger partial charge in [0.15, 0.2) is 0 Å². The molecule has 0 aliphatic rings. The van der Waals surface area contributed by atoms with Gasteiger partial charge in [-0.15, -0.1) is 0 Å². The minimum absolute atomic E-state index is 0.0189. The molecule has 50 heavy (non-hydrogen) atoms. The summed E-state index contributed by atoms with van der Waals surface area (Å²) in [5.41, 5.74) is -0.784. The molecule has 0 unspecified atom stereocenters. The van der Waals surface area contributed by atoms with Gasteiger partial charge in [0.05, 0.1) is 33.2 Å². The number of benzene rings is 3. The van der Waals surface area contributed by atoms with Crippen LogP contribution in [-0.4, -0.2) is 47.5 Å². The summed E-state index contributed by atoms with van der Waals surface area (Å²) in [6, 6.07) is 17.8. The molecular formula is C31H28BrF6N5O5S2. The monoisotopic (exact) mass is 807 g/mol. The highest BCUT2D eigenvalue weighted by atomic mass is 79.9. The number of rotatable bonds is 11. The van der Waals surface area contributed by atoms with Gasteiger partial charge < -0.3 is 4.74 Å². The van der Waals surface area contributed by atoms with Gasteiger partial charge in [-0.25, -0.2) is 36.2 Å². The number of nitrogens with one attached hydrogen (secondary N) is 2. The standard InChI is InChI=1S/C23H21F3N4O3S.C8H7BrF3NO2S/c1-28-34(31,32)20-11-17(10-18(12-20)23(24,25)26)21-13-19(29-22(14-27)30-21)8-5-9-33-15-16-6-3-2-4-7-16;1-13-16(14,15)7-3-5(8(10,11)12)2-6(9)4-7/h2-4,6-7,10-13,28H,5,8-9,15H2,1H3;2-4,13H,1H3. The largest absolute Gasteiger partial charge is 0.416 e. The lowest BCUT2D eigenvalue weighted by molar-refractivity contribution is -0.138. The molecule has 0 saturated heterocycles. The predicted molar refractivity (Wildman–Crippen MR) is 173 cm³/mol. The minimum Gasteiger partial charge on any atom is -0.377 e. The zero-order valence-electron chi connectivity index (χ0n) is 26.1. The molecule has 0 atom stereocenters. The summed E-state index contributed by atoms with van der Waals surface area (Å²) in [5.74, 6) is -0.229. The van der Waals surface area contributed by atoms with Gasteiger partial charge >= 0.3 is 12.4 Å². The Kier molecular flexibility index (Phi) is 13.7. The first-order chi connectivity index (χ1) is 23.3. The fourth-order valence-corrected chi connectivity index (χ4v) is 6.37. The Labute approximate surface area is 292 Å². The number of alkyl halides is 6. The quantitative estimate of drug-likeness (QED) is 0.129. The van der Waals surface area contributed by atoms with Crippen molar-refractivity contribution in [3.05, 3.63) is 105 Å². The van der Waals surface area contributed by atoms with Crippen molar-refractivity contribution < 1.29 is 47.9 Å². The maximum Gasteiger partial charge on any atom is 0.416 e. The molecule has 0 radical (unpaired) electrons. The third-order valence-electron chi connectivity index (χ3n) is 6.60. The summed E-state index contributed by atoms with van der Waals surface area (Å²) in [5, 5.41) is 9.29. The maximum absolute atomic E-state index is 13.4. The number of sulfonamides is 2. The van der Waals surface area contributed by atoms with Crippen molar-refractivity contribution in [3.8, 4) is 17.3 Å². The molecule has 19 heteroatoms. The van der Waals surface area contributed by atoms with Crippen molar-refractivity contribution in [1.29, 1.82) is 5.26 Å². The van der Waals surface area contributed by atoms with Crippen LogP contribution in [0.3, 0.4) is 0 Å². The summed E-state index contributed by atoms with van der Waals surface area (Å²) >= 11 is 2.83. The summed E-state index contributed by atoms with van der Waals surface area (Å²) in [6.07, 6.45) is -8.42. The Morgan fingerprint density at radius 2 is 1.36 bits per heavy atom. The van der Waals surface area contributed by atoms with Gasteiger partial charge in [0.2, 0.25) is 25.9 Å². The van der Waals surface area contributed by atoms with E-state index >= 15 is 0 Å². The first-order valence-electron chi connectivity index (χ1n) is 14.2. The predicted octanol–water partition coefficient (Wildman–Crippen LogP) is 6.47. The molecule has 1 aromatic heterocycles. The second kappa shape index (κ2) is 16.9. The molecule has 4 aromatic rings. The highest BCUT2D eigenvalue weighted by Gasteiger charge is 2.33. The molecule has 0 bridgehead atoms. The number of halogens is 7. The lowest BCUT2D eigenvalue weighted by Gasteiger charge is -2.13. The second-order valence-corrected chi connectivity index (χ2v) is 14.8. The van der Waals surface area contributed by atoms with Crippen LogP contribution >= 0.6 is 15.9 Å². The van der Waals surface area contributed by atoms with Crippen LogP contribution in [0.15, 0.2) is 87.1 Å². The SMILES string of the molecule is CNS(=O)(=O)c1cc(-c2cc(CCCOCc3ccccc3)nc(C#N)n2)cc(C(F)(F)F)c1.CNS(=O)(=O)c1cc(Br)cc(C(F)(F)F)c1. The number of aryl methyl sites for hydroxylation is 1. The molecule has 0 fully saturated rings. The van der Waals surface area contributed by atoms with Gasteiger partial charge in [-0.3, -0.25) is 0 Å². The van der Waals surface area contributed by atoms with Crippen LogP contribution in [0.4, 0.5) is 26.3 Å². The third-order valence-corrected chi connectivity index (χ3v) is 9.84. The first-order valence-corrected chi connectivity index (χ1v) is 17.9. The third kappa shape index (κ3) is 11.6. The summed E-state index contributed by atoms with van der Waals surface area (Å²) in [4.78, 5) is 7.11. The molecule has 0 aliphatic heterocycles. The van der Waals surface area contributed by atoms with Crippen molar-refractivity contribution in [2.45, 2.75) is 41.6 Å². The average Bonchev–Trinajstić information content (AvgIpc) is 3.07. The number of nitriles is 1. The van der Waals surface area contributed by atoms with Gasteiger partial charge in [-0.2, -0.15) is 31.6 Å². The molecular weight excluding hydrogens is 780 g/mol. The highest BCUT2D eigenvalue weighted by Crippen LogP contribution is 2.35. The normalized spacial score (nSPS) is 12.2. The summed E-state index contributed by atoms with van der Waals surface area (Å²) in [6.45, 7) is 0.844. The number of aromatic nitrogens is 2. The van der Waals surface area contributed by atoms with Crippen molar-refractivity contribution in [2.24, 2.45) is 0 Å². The number of nitrogens with zero attached hydrogens (tertiary/aromatic N) is 3. The summed E-state index contributed by atoms with van der Waals surface area (Å²) in [7, 11) is -5.81. The maximum atomic E-state index is 13.4. The minimum atomic E-state index is -4.78. The van der Waals surface area contributed by atoms with Crippen molar-refractivity contribution in [3.63, 3.8) is 0 Å². The molecule has 3 aromatic carbocycles. The van der Waals surface area contributed by atoms with E-state index in [0.717, 1.165) is 43.9 Å². The lowest BCUT2D eigenvalue weighted by atomic mass is 10.1. The van der Waals surface area contributed by atoms with E-state index in [1.54, 1.807) is 6.07 Å². The van der Waals surface area contributed by atoms with Crippen LogP contribution in [0, 0.1) is 11.3 Å². The molecule has 4 rings (SSSR count). The lowest BCUT2D eigenvalue weighted by Crippen LogP contribution is -2.19. The van der Waals surface area contributed by atoms with Crippen LogP contribution in [-0.2, 0) is 50.2 Å². The van der Waals surface area contributed by atoms with Gasteiger partial charge in [0, 0.05) is 22.3 Å². The topological polar surface area (TPSA) is 151 Å². The molecule has 10 nitrogen and oxygen atoms in total. The van der Waals surface area contributed by atoms with E-state index < -0.39 is 53.3 Å². The van der Waals surface area contributed by atoms with E-state index in [1.807, 2.05) is 39.8 Å². The average molecular weight is 809 g/mol. The fraction of sp³-hybridized carbons (Fsp3) is 0.258. The van der Waals surface area contributed by atoms with Gasteiger partial charge in [-0.05, 0) is 75.0 Å². The van der Waals surface area contributed by atoms with Crippen molar-refractivity contribution >= 4 is 36.0 Å². The van der Waals surface area contributed by atoms with E-state index in [2.05, 4.69) is 25.9 Å². The van der Waals surface area contributed by atoms with E-state index in [1.165, 1.54) is 6.07 Å². The molecule has 0 aliphatic carbocycles. The highest BCUT2D eigenvalue weighted by molar-refractivity contribution is 9.10. The molecule has 2 N–H and O–H groups in total. The smallest absolute Gasteiger partial charge is 0.377 e. The number of hydrogen-bond acceptors (Lipinski definition) is 8. The second-order valence-electron chi connectivity index (χ2n) is 10.2. The molecule has 268 valence electrons. The molecule has 0 saturated carbocycles. The fourth-order valence-electron chi connectivity index (χ4n) is 4.13. The number of ether oxygens (including phenoxy) is 1. The van der Waals surface area contributed by atoms with Crippen LogP contribution < -0.4 is 9.44 Å². The van der Waals surface area contributed by atoms with E-state index in [-0.39, 0.29) is 21.6 Å². The zero-order valence-corrected chi connectivity index (χ0v) is 29.3. The van der Waals surface area contributed by atoms with E-state index in [0.29, 0.717) is 43.9 Å². The van der Waals surface area contributed by atoms with Crippen LogP contribution in [0.2, 0.25) is 0 Å². The Morgan fingerprint density at radius 3 is 1.90 bits per heavy atom. The number of hydrogen-bond donors (Lipinski definition) is 2. The van der Waals surface area contributed by atoms with Gasteiger partial charge in [0.1, 0.15) is 6.07 Å². The summed E-state index contributed by atoms with van der Waals surface area (Å²) < 4.78 is 134. The molecule has 1 heterocycles. The van der Waals surface area contributed by atoms with E-state index in [9.17, 15) is 48.4 Å². The van der Waals surface area contributed by atoms with Crippen molar-refractivity contribution in [2.75, 3.05) is 20.7 Å². The van der Waals surface area contributed by atoms with Crippen molar-refractivity contribution in [1.82, 2.24) is 19.4 Å². The van der Waals surface area contributed by atoms with Crippen LogP contribution in [0.25, 0.3) is 11.3 Å². The van der Waals surface area contributed by atoms with Gasteiger partial charge in [-0.1, -0.05) is 46.3 Å². The Morgan fingerprint density at radius 1 is 0.800 bits per heavy atom. The Hall–Kier alpha value is -3.93.